The van der Waals surface area contributed by atoms with Crippen LogP contribution in [0.1, 0.15) is 15.9 Å². The molecule has 2 heteroatoms. The minimum Gasteiger partial charge on any atom is -0.291 e. The van der Waals surface area contributed by atoms with Crippen LogP contribution in [-0.4, -0.2) is 12.0 Å². The monoisotopic (exact) mass is 297 g/mol. The van der Waals surface area contributed by atoms with Gasteiger partial charge in [-0.1, -0.05) is 72.8 Å². The Hall–Kier alpha value is -3.00. The Labute approximate surface area is 134 Å². The molecule has 3 aromatic rings. The van der Waals surface area contributed by atoms with Crippen molar-refractivity contribution >= 4 is 22.8 Å². The molecule has 0 aliphatic carbocycles. The summed E-state index contributed by atoms with van der Waals surface area (Å²) in [6.07, 6.45) is 5.43. The molecule has 1 atom stereocenters. The van der Waals surface area contributed by atoms with Gasteiger partial charge in [0.15, 0.2) is 11.3 Å². The van der Waals surface area contributed by atoms with Crippen LogP contribution in [0.2, 0.25) is 0 Å². The SMILES string of the molecule is O=C(c1cccc2ccccc12)C1(c2ccccc2)C=CC=N1. The van der Waals surface area contributed by atoms with E-state index in [1.54, 1.807) is 6.21 Å². The first-order chi connectivity index (χ1) is 11.3. The fourth-order valence-electron chi connectivity index (χ4n) is 3.14. The predicted molar refractivity (Wildman–Crippen MR) is 94.0 cm³/mol. The van der Waals surface area contributed by atoms with Crippen LogP contribution >= 0.6 is 0 Å². The second-order valence-electron chi connectivity index (χ2n) is 5.63. The molecule has 4 rings (SSSR count). The normalized spacial score (nSPS) is 19.3. The van der Waals surface area contributed by atoms with Crippen molar-refractivity contribution in [2.24, 2.45) is 4.99 Å². The lowest BCUT2D eigenvalue weighted by Crippen LogP contribution is -2.30. The highest BCUT2D eigenvalue weighted by Gasteiger charge is 2.39. The zero-order chi connectivity index (χ0) is 15.7. The summed E-state index contributed by atoms with van der Waals surface area (Å²) in [5.74, 6) is 0.00509. The number of carbonyl (C=O) groups is 1. The van der Waals surface area contributed by atoms with Crippen molar-refractivity contribution in [1.82, 2.24) is 0 Å². The van der Waals surface area contributed by atoms with Crippen molar-refractivity contribution in [3.8, 4) is 0 Å². The van der Waals surface area contributed by atoms with E-state index in [4.69, 9.17) is 0 Å². The third-order valence-electron chi connectivity index (χ3n) is 4.30. The summed E-state index contributed by atoms with van der Waals surface area (Å²) >= 11 is 0. The molecule has 0 spiro atoms. The van der Waals surface area contributed by atoms with Gasteiger partial charge in [0.2, 0.25) is 0 Å². The van der Waals surface area contributed by atoms with Crippen molar-refractivity contribution in [2.45, 2.75) is 5.54 Å². The van der Waals surface area contributed by atoms with Gasteiger partial charge in [0.1, 0.15) is 0 Å². The highest BCUT2D eigenvalue weighted by molar-refractivity contribution is 6.15. The Kier molecular flexibility index (Phi) is 3.16. The molecular formula is C21H15NO. The van der Waals surface area contributed by atoms with Crippen molar-refractivity contribution in [1.29, 1.82) is 0 Å². The lowest BCUT2D eigenvalue weighted by Gasteiger charge is -2.24. The number of hydrogen-bond donors (Lipinski definition) is 0. The number of ketones is 1. The van der Waals surface area contributed by atoms with E-state index in [9.17, 15) is 4.79 Å². The predicted octanol–water partition coefficient (Wildman–Crippen LogP) is 4.56. The van der Waals surface area contributed by atoms with Crippen LogP contribution in [0.25, 0.3) is 10.8 Å². The summed E-state index contributed by atoms with van der Waals surface area (Å²) in [5.41, 5.74) is 0.643. The van der Waals surface area contributed by atoms with E-state index < -0.39 is 5.54 Å². The first-order valence-electron chi connectivity index (χ1n) is 7.62. The van der Waals surface area contributed by atoms with Crippen LogP contribution in [0.15, 0.2) is 89.9 Å². The third kappa shape index (κ3) is 2.11. The minimum absolute atomic E-state index is 0.00509. The number of carbonyl (C=O) groups excluding carboxylic acids is 1. The van der Waals surface area contributed by atoms with E-state index in [0.717, 1.165) is 16.3 Å². The standard InChI is InChI=1S/C21H15NO/c23-20(19-13-6-9-16-8-4-5-12-18(16)19)21(14-7-15-22-21)17-10-2-1-3-11-17/h1-15H. The lowest BCUT2D eigenvalue weighted by atomic mass is 9.82. The highest BCUT2D eigenvalue weighted by atomic mass is 16.1. The number of hydrogen-bond acceptors (Lipinski definition) is 2. The number of nitrogens with zero attached hydrogens (tertiary/aromatic N) is 1. The van der Waals surface area contributed by atoms with Crippen LogP contribution in [0.4, 0.5) is 0 Å². The van der Waals surface area contributed by atoms with Gasteiger partial charge < -0.3 is 0 Å². The minimum atomic E-state index is -0.953. The van der Waals surface area contributed by atoms with Gasteiger partial charge in [-0.25, -0.2) is 0 Å². The number of allylic oxidation sites excluding steroid dienone is 1. The van der Waals surface area contributed by atoms with E-state index in [2.05, 4.69) is 4.99 Å². The molecular weight excluding hydrogens is 282 g/mol. The number of rotatable bonds is 3. The second kappa shape index (κ2) is 5.33. The maximum absolute atomic E-state index is 13.4. The Balaban J connectivity index is 1.93. The number of benzene rings is 3. The zero-order valence-corrected chi connectivity index (χ0v) is 12.5. The first-order valence-corrected chi connectivity index (χ1v) is 7.62. The zero-order valence-electron chi connectivity index (χ0n) is 12.5. The molecule has 0 fully saturated rings. The third-order valence-corrected chi connectivity index (χ3v) is 4.30. The Morgan fingerprint density at radius 1 is 0.826 bits per heavy atom. The maximum Gasteiger partial charge on any atom is 0.199 e. The number of fused-ring (bicyclic) bond motifs is 1. The number of aliphatic imine (C=N–C) groups is 1. The highest BCUT2D eigenvalue weighted by Crippen LogP contribution is 2.35. The molecule has 2 nitrogen and oxygen atoms in total. The van der Waals surface area contributed by atoms with Crippen molar-refractivity contribution in [3.05, 3.63) is 96.1 Å². The molecule has 23 heavy (non-hydrogen) atoms. The van der Waals surface area contributed by atoms with Crippen molar-refractivity contribution in [3.63, 3.8) is 0 Å². The molecule has 0 radical (unpaired) electrons. The first kappa shape index (κ1) is 13.6. The topological polar surface area (TPSA) is 29.4 Å². The summed E-state index contributed by atoms with van der Waals surface area (Å²) in [5, 5.41) is 2.03. The summed E-state index contributed by atoms with van der Waals surface area (Å²) in [6.45, 7) is 0. The van der Waals surface area contributed by atoms with E-state index in [1.807, 2.05) is 84.9 Å². The average molecular weight is 297 g/mol. The summed E-state index contributed by atoms with van der Waals surface area (Å²) in [6, 6.07) is 23.5. The fourth-order valence-corrected chi connectivity index (χ4v) is 3.14. The molecule has 1 aliphatic rings. The maximum atomic E-state index is 13.4. The Bertz CT molecular complexity index is 921. The van der Waals surface area contributed by atoms with Crippen molar-refractivity contribution < 1.29 is 4.79 Å². The van der Waals surface area contributed by atoms with Gasteiger partial charge >= 0.3 is 0 Å². The summed E-state index contributed by atoms with van der Waals surface area (Å²) in [7, 11) is 0. The molecule has 1 aliphatic heterocycles. The van der Waals surface area contributed by atoms with Crippen molar-refractivity contribution in [2.75, 3.05) is 0 Å². The van der Waals surface area contributed by atoms with Crippen LogP contribution < -0.4 is 0 Å². The molecule has 0 saturated carbocycles. The molecule has 0 amide bonds. The molecule has 0 aromatic heterocycles. The van der Waals surface area contributed by atoms with Gasteiger partial charge in [0.25, 0.3) is 0 Å². The summed E-state index contributed by atoms with van der Waals surface area (Å²) in [4.78, 5) is 18.0. The average Bonchev–Trinajstić information content (AvgIpc) is 3.12. The molecule has 0 saturated heterocycles. The van der Waals surface area contributed by atoms with E-state index in [-0.39, 0.29) is 5.78 Å². The molecule has 1 heterocycles. The Morgan fingerprint density at radius 2 is 1.57 bits per heavy atom. The van der Waals surface area contributed by atoms with Gasteiger partial charge in [0.05, 0.1) is 0 Å². The van der Waals surface area contributed by atoms with Gasteiger partial charge in [-0.15, -0.1) is 0 Å². The molecule has 3 aromatic carbocycles. The van der Waals surface area contributed by atoms with Crippen LogP contribution in [0, 0.1) is 0 Å². The van der Waals surface area contributed by atoms with Crippen LogP contribution in [0.5, 0.6) is 0 Å². The summed E-state index contributed by atoms with van der Waals surface area (Å²) < 4.78 is 0. The lowest BCUT2D eigenvalue weighted by molar-refractivity contribution is 0.0925. The van der Waals surface area contributed by atoms with Crippen LogP contribution in [-0.2, 0) is 5.54 Å². The number of Topliss-reactive ketones (excluding diaryl/α,β-unsaturated/α-hetero) is 1. The van der Waals surface area contributed by atoms with Crippen LogP contribution in [0.3, 0.4) is 0 Å². The quantitative estimate of drug-likeness (QED) is 0.652. The molecule has 0 N–H and O–H groups in total. The fraction of sp³-hybridized carbons (Fsp3) is 0.0476. The van der Waals surface area contributed by atoms with Gasteiger partial charge in [0, 0.05) is 11.8 Å². The van der Waals surface area contributed by atoms with E-state index in [0.29, 0.717) is 5.56 Å². The van der Waals surface area contributed by atoms with Gasteiger partial charge in [-0.3, -0.25) is 9.79 Å². The molecule has 0 bridgehead atoms. The largest absolute Gasteiger partial charge is 0.291 e. The second-order valence-corrected chi connectivity index (χ2v) is 5.63. The smallest absolute Gasteiger partial charge is 0.199 e. The van der Waals surface area contributed by atoms with Gasteiger partial charge in [-0.2, -0.15) is 0 Å². The van der Waals surface area contributed by atoms with E-state index in [1.165, 1.54) is 0 Å². The molecule has 110 valence electrons. The van der Waals surface area contributed by atoms with Gasteiger partial charge in [-0.05, 0) is 28.5 Å². The molecule has 1 unspecified atom stereocenters. The van der Waals surface area contributed by atoms with E-state index >= 15 is 0 Å². The Morgan fingerprint density at radius 3 is 2.35 bits per heavy atom.